The topological polar surface area (TPSA) is 53.2 Å². The van der Waals surface area contributed by atoms with Gasteiger partial charge in [-0.05, 0) is 32.4 Å². The van der Waals surface area contributed by atoms with E-state index in [4.69, 9.17) is 0 Å². The highest BCUT2D eigenvalue weighted by Crippen LogP contribution is 2.22. The van der Waals surface area contributed by atoms with Crippen molar-refractivity contribution in [3.8, 4) is 0 Å². The monoisotopic (exact) mass is 220 g/mol. The molecule has 0 fully saturated rings. The van der Waals surface area contributed by atoms with Crippen molar-refractivity contribution in [3.63, 3.8) is 0 Å². The van der Waals surface area contributed by atoms with Crippen LogP contribution in [0, 0.1) is 0 Å². The van der Waals surface area contributed by atoms with E-state index in [2.05, 4.69) is 23.7 Å². The van der Waals surface area contributed by atoms with Crippen molar-refractivity contribution in [2.75, 3.05) is 0 Å². The van der Waals surface area contributed by atoms with Crippen molar-refractivity contribution in [1.29, 1.82) is 0 Å². The van der Waals surface area contributed by atoms with Gasteiger partial charge in [-0.1, -0.05) is 0 Å². The summed E-state index contributed by atoms with van der Waals surface area (Å²) in [6.45, 7) is 7.24. The maximum Gasteiger partial charge on any atom is 0.259 e. The number of nitrogens with one attached hydrogen (secondary N) is 1. The highest BCUT2D eigenvalue weighted by atomic mass is 16.1. The van der Waals surface area contributed by atoms with Crippen LogP contribution in [0.4, 0.5) is 0 Å². The van der Waals surface area contributed by atoms with Crippen molar-refractivity contribution in [3.05, 3.63) is 33.2 Å². The molecule has 16 heavy (non-hydrogen) atoms. The van der Waals surface area contributed by atoms with E-state index in [9.17, 15) is 9.59 Å². The standard InChI is InChI=1S/C12H16N2O2/c1-7(2)14-5-9-4-10(8(3)15)12(16)13-11(9)6-14/h4,7H,5-6H2,1-3H3,(H,13,16). The van der Waals surface area contributed by atoms with Gasteiger partial charge < -0.3 is 4.98 Å². The Hall–Kier alpha value is -1.42. The Morgan fingerprint density at radius 1 is 1.44 bits per heavy atom. The summed E-state index contributed by atoms with van der Waals surface area (Å²) in [7, 11) is 0. The fraction of sp³-hybridized carbons (Fsp3) is 0.500. The van der Waals surface area contributed by atoms with E-state index in [1.807, 2.05) is 0 Å². The van der Waals surface area contributed by atoms with Gasteiger partial charge in [0.1, 0.15) is 0 Å². The molecule has 86 valence electrons. The number of Topliss-reactive ketones (excluding diaryl/α,β-unsaturated/α-hetero) is 1. The number of aromatic nitrogens is 1. The number of carbonyl (C=O) groups excluding carboxylic acids is 1. The first-order chi connectivity index (χ1) is 7.49. The molecule has 1 aromatic heterocycles. The zero-order valence-corrected chi connectivity index (χ0v) is 9.83. The summed E-state index contributed by atoms with van der Waals surface area (Å²) >= 11 is 0. The van der Waals surface area contributed by atoms with Crippen LogP contribution >= 0.6 is 0 Å². The number of H-pyrrole nitrogens is 1. The Bertz CT molecular complexity index is 488. The van der Waals surface area contributed by atoms with Crippen molar-refractivity contribution in [2.45, 2.75) is 39.9 Å². The summed E-state index contributed by atoms with van der Waals surface area (Å²) in [6.07, 6.45) is 0. The molecule has 0 radical (unpaired) electrons. The minimum absolute atomic E-state index is 0.174. The summed E-state index contributed by atoms with van der Waals surface area (Å²) in [6, 6.07) is 2.18. The third-order valence-electron chi connectivity index (χ3n) is 3.06. The maximum atomic E-state index is 11.6. The summed E-state index contributed by atoms with van der Waals surface area (Å²) in [5.41, 5.74) is 2.02. The van der Waals surface area contributed by atoms with E-state index in [0.717, 1.165) is 24.3 Å². The highest BCUT2D eigenvalue weighted by molar-refractivity contribution is 5.93. The number of rotatable bonds is 2. The molecule has 4 nitrogen and oxygen atoms in total. The zero-order chi connectivity index (χ0) is 11.9. The Balaban J connectivity index is 2.41. The fourth-order valence-electron chi connectivity index (χ4n) is 2.00. The lowest BCUT2D eigenvalue weighted by molar-refractivity contribution is 0.101. The van der Waals surface area contributed by atoms with Gasteiger partial charge in [-0.25, -0.2) is 0 Å². The molecule has 0 unspecified atom stereocenters. The first kappa shape index (κ1) is 11.1. The first-order valence-corrected chi connectivity index (χ1v) is 5.49. The van der Waals surface area contributed by atoms with Gasteiger partial charge >= 0.3 is 0 Å². The van der Waals surface area contributed by atoms with Crippen LogP contribution < -0.4 is 5.56 Å². The lowest BCUT2D eigenvalue weighted by atomic mass is 10.1. The third kappa shape index (κ3) is 1.80. The summed E-state index contributed by atoms with van der Waals surface area (Å²) < 4.78 is 0. The SMILES string of the molecule is CC(=O)c1cc2c([nH]c1=O)CN(C(C)C)C2. The van der Waals surface area contributed by atoms with Crippen LogP contribution in [0.2, 0.25) is 0 Å². The molecule has 2 rings (SSSR count). The number of hydrogen-bond acceptors (Lipinski definition) is 3. The smallest absolute Gasteiger partial charge is 0.259 e. The molecule has 0 spiro atoms. The Morgan fingerprint density at radius 2 is 2.12 bits per heavy atom. The van der Waals surface area contributed by atoms with E-state index in [0.29, 0.717) is 6.04 Å². The van der Waals surface area contributed by atoms with Gasteiger partial charge in [-0.3, -0.25) is 14.5 Å². The Kier molecular flexibility index (Phi) is 2.68. The largest absolute Gasteiger partial charge is 0.324 e. The van der Waals surface area contributed by atoms with Gasteiger partial charge in [-0.2, -0.15) is 0 Å². The van der Waals surface area contributed by atoms with Crippen LogP contribution in [0.5, 0.6) is 0 Å². The van der Waals surface area contributed by atoms with Crippen molar-refractivity contribution in [1.82, 2.24) is 9.88 Å². The fourth-order valence-corrected chi connectivity index (χ4v) is 2.00. The van der Waals surface area contributed by atoms with E-state index in [1.54, 1.807) is 6.07 Å². The van der Waals surface area contributed by atoms with Crippen molar-refractivity contribution < 1.29 is 4.79 Å². The van der Waals surface area contributed by atoms with E-state index in [-0.39, 0.29) is 16.9 Å². The van der Waals surface area contributed by atoms with E-state index < -0.39 is 0 Å². The molecule has 0 aliphatic carbocycles. The molecule has 1 aliphatic heterocycles. The van der Waals surface area contributed by atoms with Gasteiger partial charge in [0.25, 0.3) is 5.56 Å². The van der Waals surface area contributed by atoms with Crippen LogP contribution in [0.1, 0.15) is 42.4 Å². The molecular formula is C12H16N2O2. The van der Waals surface area contributed by atoms with Gasteiger partial charge in [0.15, 0.2) is 5.78 Å². The van der Waals surface area contributed by atoms with Crippen molar-refractivity contribution in [2.24, 2.45) is 0 Å². The summed E-state index contributed by atoms with van der Waals surface area (Å²) in [5.74, 6) is -0.174. The predicted octanol–water partition coefficient (Wildman–Crippen LogP) is 1.30. The molecule has 0 saturated carbocycles. The van der Waals surface area contributed by atoms with E-state index in [1.165, 1.54) is 6.92 Å². The molecule has 0 amide bonds. The molecule has 4 heteroatoms. The molecule has 0 aromatic carbocycles. The van der Waals surface area contributed by atoms with Gasteiger partial charge in [-0.15, -0.1) is 0 Å². The number of fused-ring (bicyclic) bond motifs is 1. The molecule has 1 N–H and O–H groups in total. The zero-order valence-electron chi connectivity index (χ0n) is 9.83. The third-order valence-corrected chi connectivity index (χ3v) is 3.06. The lowest BCUT2D eigenvalue weighted by Crippen LogP contribution is -2.24. The van der Waals surface area contributed by atoms with Crippen LogP contribution in [-0.4, -0.2) is 21.7 Å². The number of carbonyl (C=O) groups is 1. The normalized spacial score (nSPS) is 15.5. The van der Waals surface area contributed by atoms with Crippen LogP contribution in [0.25, 0.3) is 0 Å². The van der Waals surface area contributed by atoms with Gasteiger partial charge in [0.05, 0.1) is 5.56 Å². The molecule has 0 atom stereocenters. The minimum Gasteiger partial charge on any atom is -0.324 e. The molecule has 0 saturated heterocycles. The molecule has 2 heterocycles. The van der Waals surface area contributed by atoms with Crippen molar-refractivity contribution >= 4 is 5.78 Å². The highest BCUT2D eigenvalue weighted by Gasteiger charge is 2.23. The average Bonchev–Trinajstić information content (AvgIpc) is 2.58. The van der Waals surface area contributed by atoms with Crippen LogP contribution in [0.3, 0.4) is 0 Å². The second-order valence-corrected chi connectivity index (χ2v) is 4.57. The number of aromatic amines is 1. The average molecular weight is 220 g/mol. The van der Waals surface area contributed by atoms with Gasteiger partial charge in [0, 0.05) is 24.8 Å². The number of nitrogens with zero attached hydrogens (tertiary/aromatic N) is 1. The maximum absolute atomic E-state index is 11.6. The van der Waals surface area contributed by atoms with Gasteiger partial charge in [0.2, 0.25) is 0 Å². The lowest BCUT2D eigenvalue weighted by Gasteiger charge is -2.18. The first-order valence-electron chi connectivity index (χ1n) is 5.49. The Morgan fingerprint density at radius 3 is 2.69 bits per heavy atom. The minimum atomic E-state index is -0.267. The quantitative estimate of drug-likeness (QED) is 0.764. The molecular weight excluding hydrogens is 204 g/mol. The predicted molar refractivity (Wildman–Crippen MR) is 61.5 cm³/mol. The molecule has 1 aromatic rings. The summed E-state index contributed by atoms with van der Waals surface area (Å²) in [4.78, 5) is 27.9. The second kappa shape index (κ2) is 3.87. The van der Waals surface area contributed by atoms with E-state index >= 15 is 0 Å². The summed E-state index contributed by atoms with van der Waals surface area (Å²) in [5, 5.41) is 0. The second-order valence-electron chi connectivity index (χ2n) is 4.57. The number of ketones is 1. The van der Waals surface area contributed by atoms with Crippen LogP contribution in [0.15, 0.2) is 10.9 Å². The molecule has 1 aliphatic rings. The van der Waals surface area contributed by atoms with Crippen LogP contribution in [-0.2, 0) is 13.1 Å². The Labute approximate surface area is 94.3 Å². The number of pyridine rings is 1. The molecule has 0 bridgehead atoms. The number of hydrogen-bond donors (Lipinski definition) is 1.